The molecule has 2 heterocycles. The van der Waals surface area contributed by atoms with Crippen molar-refractivity contribution in [2.45, 2.75) is 11.4 Å². The van der Waals surface area contributed by atoms with Crippen LogP contribution in [0.3, 0.4) is 0 Å². The number of anilines is 1. The number of aromatic hydroxyl groups is 1. The number of para-hydroxylation sites is 2. The van der Waals surface area contributed by atoms with Gasteiger partial charge in [0.2, 0.25) is 5.91 Å². The zero-order valence-corrected chi connectivity index (χ0v) is 15.3. The smallest absolute Gasteiger partial charge is 0.234 e. The molecule has 25 heavy (non-hydrogen) atoms. The van der Waals surface area contributed by atoms with Crippen molar-refractivity contribution < 1.29 is 18.3 Å². The van der Waals surface area contributed by atoms with Crippen LogP contribution in [-0.4, -0.2) is 80.0 Å². The van der Waals surface area contributed by atoms with Crippen molar-refractivity contribution in [3.05, 3.63) is 24.3 Å². The Hall–Kier alpha value is -1.51. The molecular formula is C16H22ClN3O4S. The molecule has 2 aliphatic heterocycles. The Balaban J connectivity index is 1.48. The molecule has 2 aliphatic rings. The molecule has 2 atom stereocenters. The second-order valence-electron chi connectivity index (χ2n) is 6.52. The second kappa shape index (κ2) is 7.39. The fraction of sp³-hybridized carbons (Fsp3) is 0.562. The molecule has 0 bridgehead atoms. The monoisotopic (exact) mass is 387 g/mol. The predicted molar refractivity (Wildman–Crippen MR) is 97.0 cm³/mol. The van der Waals surface area contributed by atoms with Gasteiger partial charge in [0.1, 0.15) is 5.75 Å². The highest BCUT2D eigenvalue weighted by atomic mass is 35.5. The van der Waals surface area contributed by atoms with E-state index in [0.29, 0.717) is 26.2 Å². The number of rotatable bonds is 4. The van der Waals surface area contributed by atoms with Crippen LogP contribution in [0.15, 0.2) is 24.3 Å². The Morgan fingerprint density at radius 2 is 1.88 bits per heavy atom. The Morgan fingerprint density at radius 1 is 1.20 bits per heavy atom. The molecule has 0 saturated carbocycles. The van der Waals surface area contributed by atoms with Gasteiger partial charge in [0, 0.05) is 26.2 Å². The highest BCUT2D eigenvalue weighted by Crippen LogP contribution is 2.27. The molecule has 2 fully saturated rings. The van der Waals surface area contributed by atoms with E-state index in [4.69, 9.17) is 11.6 Å². The van der Waals surface area contributed by atoms with Crippen LogP contribution in [0.5, 0.6) is 5.75 Å². The molecule has 1 aromatic rings. The van der Waals surface area contributed by atoms with Crippen LogP contribution in [0.1, 0.15) is 0 Å². The number of halogens is 1. The summed E-state index contributed by atoms with van der Waals surface area (Å²) in [5.41, 5.74) is 0.799. The SMILES string of the molecule is O=C(CN1CCN(c2ccccc2O)CC1)N[C@H]1CS(=O)(=O)C[C@H]1Cl. The summed E-state index contributed by atoms with van der Waals surface area (Å²) in [6.45, 7) is 3.01. The van der Waals surface area contributed by atoms with Gasteiger partial charge in [-0.1, -0.05) is 12.1 Å². The minimum Gasteiger partial charge on any atom is -0.506 e. The first-order valence-electron chi connectivity index (χ1n) is 8.23. The van der Waals surface area contributed by atoms with Crippen LogP contribution in [0, 0.1) is 0 Å². The maximum Gasteiger partial charge on any atom is 0.234 e. The first-order chi connectivity index (χ1) is 11.8. The molecule has 9 heteroatoms. The topological polar surface area (TPSA) is 89.9 Å². The summed E-state index contributed by atoms with van der Waals surface area (Å²) >= 11 is 6.01. The maximum atomic E-state index is 12.2. The summed E-state index contributed by atoms with van der Waals surface area (Å²) in [7, 11) is -3.16. The minimum absolute atomic E-state index is 0.0846. The highest BCUT2D eigenvalue weighted by molar-refractivity contribution is 7.91. The molecular weight excluding hydrogens is 366 g/mol. The lowest BCUT2D eigenvalue weighted by Gasteiger charge is -2.36. The Morgan fingerprint density at radius 3 is 2.48 bits per heavy atom. The van der Waals surface area contributed by atoms with Gasteiger partial charge in [-0.25, -0.2) is 8.42 Å². The third-order valence-electron chi connectivity index (χ3n) is 4.59. The van der Waals surface area contributed by atoms with Crippen molar-refractivity contribution in [1.29, 1.82) is 0 Å². The third kappa shape index (κ3) is 4.56. The van der Waals surface area contributed by atoms with Crippen molar-refractivity contribution in [3.8, 4) is 5.75 Å². The van der Waals surface area contributed by atoms with E-state index in [9.17, 15) is 18.3 Å². The molecule has 1 aromatic carbocycles. The quantitative estimate of drug-likeness (QED) is 0.709. The van der Waals surface area contributed by atoms with E-state index in [-0.39, 0.29) is 29.7 Å². The number of piperazine rings is 1. The molecule has 0 spiro atoms. The van der Waals surface area contributed by atoms with Gasteiger partial charge in [-0.15, -0.1) is 11.6 Å². The Labute approximate surface area is 152 Å². The summed E-state index contributed by atoms with van der Waals surface area (Å²) < 4.78 is 23.1. The minimum atomic E-state index is -3.16. The van der Waals surface area contributed by atoms with E-state index in [1.807, 2.05) is 17.0 Å². The molecule has 0 radical (unpaired) electrons. The van der Waals surface area contributed by atoms with Gasteiger partial charge in [-0.2, -0.15) is 0 Å². The summed E-state index contributed by atoms with van der Waals surface area (Å²) in [5, 5.41) is 12.1. The van der Waals surface area contributed by atoms with Gasteiger partial charge >= 0.3 is 0 Å². The number of nitrogens with zero attached hydrogens (tertiary/aromatic N) is 2. The van der Waals surface area contributed by atoms with Crippen LogP contribution in [0.4, 0.5) is 5.69 Å². The average Bonchev–Trinajstić information content (AvgIpc) is 2.80. The third-order valence-corrected chi connectivity index (χ3v) is 6.97. The van der Waals surface area contributed by atoms with E-state index in [0.717, 1.165) is 5.69 Å². The summed E-state index contributed by atoms with van der Waals surface area (Å²) in [6, 6.07) is 6.69. The fourth-order valence-corrected chi connectivity index (χ4v) is 5.82. The summed E-state index contributed by atoms with van der Waals surface area (Å²) in [6.07, 6.45) is 0. The molecule has 1 amide bonds. The number of sulfone groups is 1. The Kier molecular flexibility index (Phi) is 5.41. The van der Waals surface area contributed by atoms with Crippen molar-refractivity contribution in [3.63, 3.8) is 0 Å². The Bertz CT molecular complexity index is 735. The first kappa shape index (κ1) is 18.3. The van der Waals surface area contributed by atoms with E-state index < -0.39 is 21.3 Å². The number of carbonyl (C=O) groups is 1. The van der Waals surface area contributed by atoms with E-state index in [2.05, 4.69) is 10.2 Å². The highest BCUT2D eigenvalue weighted by Gasteiger charge is 2.37. The second-order valence-corrected chi connectivity index (χ2v) is 9.23. The number of phenolic OH excluding ortho intramolecular Hbond substituents is 1. The fourth-order valence-electron chi connectivity index (χ4n) is 3.27. The number of hydrogen-bond acceptors (Lipinski definition) is 6. The lowest BCUT2D eigenvalue weighted by molar-refractivity contribution is -0.122. The molecule has 0 unspecified atom stereocenters. The molecule has 2 N–H and O–H groups in total. The number of alkyl halides is 1. The number of phenols is 1. The first-order valence-corrected chi connectivity index (χ1v) is 10.5. The number of benzene rings is 1. The van der Waals surface area contributed by atoms with E-state index in [1.54, 1.807) is 12.1 Å². The summed E-state index contributed by atoms with van der Waals surface area (Å²) in [4.78, 5) is 16.3. The van der Waals surface area contributed by atoms with Crippen molar-refractivity contribution in [2.24, 2.45) is 0 Å². The summed E-state index contributed by atoms with van der Waals surface area (Å²) in [5.74, 6) is -0.125. The number of nitrogens with one attached hydrogen (secondary N) is 1. The van der Waals surface area contributed by atoms with Crippen LogP contribution < -0.4 is 10.2 Å². The number of carbonyl (C=O) groups excluding carboxylic acids is 1. The lowest BCUT2D eigenvalue weighted by Crippen LogP contribution is -2.51. The molecule has 0 aliphatic carbocycles. The largest absolute Gasteiger partial charge is 0.506 e. The van der Waals surface area contributed by atoms with Gasteiger partial charge in [0.25, 0.3) is 0 Å². The van der Waals surface area contributed by atoms with E-state index >= 15 is 0 Å². The molecule has 138 valence electrons. The molecule has 7 nitrogen and oxygen atoms in total. The van der Waals surface area contributed by atoms with Crippen LogP contribution in [0.25, 0.3) is 0 Å². The molecule has 2 saturated heterocycles. The normalized spacial score (nSPS) is 26.5. The number of amides is 1. The van der Waals surface area contributed by atoms with Gasteiger partial charge in [-0.05, 0) is 12.1 Å². The van der Waals surface area contributed by atoms with Crippen molar-refractivity contribution in [2.75, 3.05) is 49.1 Å². The molecule has 3 rings (SSSR count). The van der Waals surface area contributed by atoms with Gasteiger partial charge in [0.15, 0.2) is 9.84 Å². The maximum absolute atomic E-state index is 12.2. The zero-order valence-electron chi connectivity index (χ0n) is 13.8. The van der Waals surface area contributed by atoms with Crippen LogP contribution in [-0.2, 0) is 14.6 Å². The van der Waals surface area contributed by atoms with Gasteiger partial charge in [-0.3, -0.25) is 9.69 Å². The van der Waals surface area contributed by atoms with Crippen molar-refractivity contribution in [1.82, 2.24) is 10.2 Å². The standard InChI is InChI=1S/C16H22ClN3O4S/c17-12-10-25(23,24)11-13(12)18-16(22)9-19-5-7-20(8-6-19)14-3-1-2-4-15(14)21/h1-4,12-13,21H,5-11H2,(H,18,22)/t12-,13+/m1/s1. The van der Waals surface area contributed by atoms with Crippen LogP contribution >= 0.6 is 11.6 Å². The molecule has 0 aromatic heterocycles. The van der Waals surface area contributed by atoms with Gasteiger partial charge in [0.05, 0.1) is 35.2 Å². The number of hydrogen-bond donors (Lipinski definition) is 2. The van der Waals surface area contributed by atoms with Crippen LogP contribution in [0.2, 0.25) is 0 Å². The zero-order chi connectivity index (χ0) is 18.0. The average molecular weight is 388 g/mol. The van der Waals surface area contributed by atoms with Gasteiger partial charge < -0.3 is 15.3 Å². The predicted octanol–water partition coefficient (Wildman–Crippen LogP) is 0.0348. The lowest BCUT2D eigenvalue weighted by atomic mass is 10.2. The van der Waals surface area contributed by atoms with Crippen molar-refractivity contribution >= 4 is 33.0 Å². The van der Waals surface area contributed by atoms with E-state index in [1.165, 1.54) is 0 Å².